The van der Waals surface area contributed by atoms with Crippen molar-refractivity contribution >= 4 is 11.3 Å². The van der Waals surface area contributed by atoms with Crippen LogP contribution in [0.2, 0.25) is 0 Å². The van der Waals surface area contributed by atoms with Gasteiger partial charge in [0.15, 0.2) is 0 Å². The molecule has 1 aliphatic rings. The summed E-state index contributed by atoms with van der Waals surface area (Å²) in [4.78, 5) is 13.9. The minimum atomic E-state index is -0.292. The molecule has 19 heavy (non-hydrogen) atoms. The topological polar surface area (TPSA) is 54.1 Å². The van der Waals surface area contributed by atoms with Crippen molar-refractivity contribution in [3.8, 4) is 5.75 Å². The predicted molar refractivity (Wildman–Crippen MR) is 75.7 cm³/mol. The predicted octanol–water partition coefficient (Wildman–Crippen LogP) is 2.44. The molecule has 4 nitrogen and oxygen atoms in total. The zero-order valence-electron chi connectivity index (χ0n) is 10.9. The number of fused-ring (bicyclic) bond motifs is 1. The molecule has 0 radical (unpaired) electrons. The number of hydrogen-bond donors (Lipinski definition) is 2. The van der Waals surface area contributed by atoms with Gasteiger partial charge in [0, 0.05) is 23.2 Å². The van der Waals surface area contributed by atoms with Crippen LogP contribution in [-0.2, 0) is 6.54 Å². The van der Waals surface area contributed by atoms with E-state index in [1.807, 2.05) is 23.6 Å². The highest BCUT2D eigenvalue weighted by Gasteiger charge is 2.40. The molecule has 100 valence electrons. The molecule has 3 rings (SSSR count). The summed E-state index contributed by atoms with van der Waals surface area (Å²) in [7, 11) is 0. The minimum Gasteiger partial charge on any atom is -0.486 e. The highest BCUT2D eigenvalue weighted by molar-refractivity contribution is 7.07. The molecule has 1 atom stereocenters. The van der Waals surface area contributed by atoms with Gasteiger partial charge in [0.05, 0.1) is 6.04 Å². The Balaban J connectivity index is 1.81. The van der Waals surface area contributed by atoms with E-state index in [1.165, 1.54) is 16.9 Å². The van der Waals surface area contributed by atoms with Crippen LogP contribution in [0.1, 0.15) is 31.1 Å². The highest BCUT2D eigenvalue weighted by atomic mass is 32.1. The maximum absolute atomic E-state index is 11.1. The number of aromatic nitrogens is 1. The SMILES string of the molecule is CC1(C)Oc2ccccc2C1NCc1csc(=O)[nH]1. The van der Waals surface area contributed by atoms with Gasteiger partial charge >= 0.3 is 4.87 Å². The third-order valence-corrected chi connectivity index (χ3v) is 4.08. The summed E-state index contributed by atoms with van der Waals surface area (Å²) in [6, 6.07) is 8.19. The Morgan fingerprint density at radius 1 is 1.42 bits per heavy atom. The summed E-state index contributed by atoms with van der Waals surface area (Å²) < 4.78 is 5.97. The van der Waals surface area contributed by atoms with E-state index in [1.54, 1.807) is 0 Å². The van der Waals surface area contributed by atoms with Crippen LogP contribution in [-0.4, -0.2) is 10.6 Å². The first-order valence-corrected chi connectivity index (χ1v) is 7.12. The fourth-order valence-corrected chi connectivity index (χ4v) is 3.08. The molecule has 0 spiro atoms. The van der Waals surface area contributed by atoms with Gasteiger partial charge in [0.1, 0.15) is 11.4 Å². The molecule has 0 bridgehead atoms. The van der Waals surface area contributed by atoms with Crippen LogP contribution in [0.4, 0.5) is 0 Å². The summed E-state index contributed by atoms with van der Waals surface area (Å²) in [5, 5.41) is 5.32. The fourth-order valence-electron chi connectivity index (χ4n) is 2.50. The molecular weight excluding hydrogens is 260 g/mol. The lowest BCUT2D eigenvalue weighted by Gasteiger charge is -2.27. The summed E-state index contributed by atoms with van der Waals surface area (Å²) in [6.07, 6.45) is 0. The first kappa shape index (κ1) is 12.4. The maximum atomic E-state index is 11.1. The molecule has 0 fully saturated rings. The van der Waals surface area contributed by atoms with Gasteiger partial charge in [-0.3, -0.25) is 4.79 Å². The Morgan fingerprint density at radius 3 is 2.95 bits per heavy atom. The lowest BCUT2D eigenvalue weighted by Crippen LogP contribution is -2.38. The van der Waals surface area contributed by atoms with Crippen LogP contribution in [0.3, 0.4) is 0 Å². The van der Waals surface area contributed by atoms with Gasteiger partial charge in [-0.15, -0.1) is 0 Å². The molecule has 1 aliphatic heterocycles. The molecule has 2 N–H and O–H groups in total. The first-order chi connectivity index (χ1) is 9.06. The monoisotopic (exact) mass is 276 g/mol. The van der Waals surface area contributed by atoms with E-state index in [-0.39, 0.29) is 16.5 Å². The molecule has 0 aliphatic carbocycles. The van der Waals surface area contributed by atoms with Crippen LogP contribution in [0.25, 0.3) is 0 Å². The van der Waals surface area contributed by atoms with Crippen molar-refractivity contribution in [3.63, 3.8) is 0 Å². The largest absolute Gasteiger partial charge is 0.486 e. The van der Waals surface area contributed by atoms with E-state index in [0.29, 0.717) is 6.54 Å². The highest BCUT2D eigenvalue weighted by Crippen LogP contribution is 2.42. The smallest absolute Gasteiger partial charge is 0.304 e. The number of aromatic amines is 1. The molecule has 1 aromatic heterocycles. The summed E-state index contributed by atoms with van der Waals surface area (Å²) in [6.45, 7) is 4.77. The van der Waals surface area contributed by atoms with Gasteiger partial charge in [-0.2, -0.15) is 0 Å². The number of rotatable bonds is 3. The lowest BCUT2D eigenvalue weighted by atomic mass is 9.94. The molecule has 0 amide bonds. The number of H-pyrrole nitrogens is 1. The van der Waals surface area contributed by atoms with E-state index in [9.17, 15) is 4.79 Å². The lowest BCUT2D eigenvalue weighted by molar-refractivity contribution is 0.0957. The van der Waals surface area contributed by atoms with Gasteiger partial charge in [-0.05, 0) is 19.9 Å². The minimum absolute atomic E-state index is 0.0147. The molecule has 5 heteroatoms. The maximum Gasteiger partial charge on any atom is 0.304 e. The van der Waals surface area contributed by atoms with Gasteiger partial charge in [-0.25, -0.2) is 0 Å². The first-order valence-electron chi connectivity index (χ1n) is 6.24. The van der Waals surface area contributed by atoms with Crippen molar-refractivity contribution in [1.29, 1.82) is 0 Å². The Morgan fingerprint density at radius 2 is 2.21 bits per heavy atom. The van der Waals surface area contributed by atoms with Crippen molar-refractivity contribution in [1.82, 2.24) is 10.3 Å². The number of benzene rings is 1. The van der Waals surface area contributed by atoms with Crippen molar-refractivity contribution in [3.05, 3.63) is 50.6 Å². The van der Waals surface area contributed by atoms with E-state index in [0.717, 1.165) is 11.4 Å². The van der Waals surface area contributed by atoms with E-state index < -0.39 is 0 Å². The second-order valence-electron chi connectivity index (χ2n) is 5.23. The van der Waals surface area contributed by atoms with Crippen molar-refractivity contribution in [2.24, 2.45) is 0 Å². The van der Waals surface area contributed by atoms with Crippen LogP contribution in [0.15, 0.2) is 34.4 Å². The normalized spacial score (nSPS) is 20.0. The van der Waals surface area contributed by atoms with Crippen molar-refractivity contribution in [2.75, 3.05) is 0 Å². The van der Waals surface area contributed by atoms with Crippen LogP contribution in [0, 0.1) is 0 Å². The molecular formula is C14H16N2O2S. The average Bonchev–Trinajstić information content (AvgIpc) is 2.87. The van der Waals surface area contributed by atoms with E-state index in [2.05, 4.69) is 30.2 Å². The summed E-state index contributed by atoms with van der Waals surface area (Å²) in [5.41, 5.74) is 1.79. The third-order valence-electron chi connectivity index (χ3n) is 3.37. The van der Waals surface area contributed by atoms with E-state index >= 15 is 0 Å². The second-order valence-corrected chi connectivity index (χ2v) is 6.07. The van der Waals surface area contributed by atoms with Gasteiger partial charge in [0.25, 0.3) is 0 Å². The van der Waals surface area contributed by atoms with Crippen LogP contribution in [0.5, 0.6) is 5.75 Å². The Hall–Kier alpha value is -1.59. The van der Waals surface area contributed by atoms with E-state index in [4.69, 9.17) is 4.74 Å². The number of ether oxygens (including phenoxy) is 1. The molecule has 2 aromatic rings. The summed E-state index contributed by atoms with van der Waals surface area (Å²) in [5.74, 6) is 0.934. The second kappa shape index (κ2) is 4.51. The van der Waals surface area contributed by atoms with Crippen LogP contribution < -0.4 is 14.9 Å². The summed E-state index contributed by atoms with van der Waals surface area (Å²) >= 11 is 1.19. The number of thiazole rings is 1. The molecule has 1 aromatic carbocycles. The Kier molecular flexibility index (Phi) is 2.95. The standard InChI is InChI=1S/C14H16N2O2S/c1-14(2)12(10-5-3-4-6-11(10)18-14)15-7-9-8-19-13(17)16-9/h3-6,8,12,15H,7H2,1-2H3,(H,16,17). The number of nitrogens with one attached hydrogen (secondary N) is 2. The zero-order valence-corrected chi connectivity index (χ0v) is 11.7. The molecule has 1 unspecified atom stereocenters. The van der Waals surface area contributed by atoms with Gasteiger partial charge in [0.2, 0.25) is 0 Å². The number of hydrogen-bond acceptors (Lipinski definition) is 4. The van der Waals surface area contributed by atoms with Crippen LogP contribution >= 0.6 is 11.3 Å². The van der Waals surface area contributed by atoms with Gasteiger partial charge in [-0.1, -0.05) is 29.5 Å². The van der Waals surface area contributed by atoms with Crippen molar-refractivity contribution < 1.29 is 4.74 Å². The molecule has 2 heterocycles. The Bertz CT molecular complexity index is 645. The zero-order chi connectivity index (χ0) is 13.5. The van der Waals surface area contributed by atoms with Gasteiger partial charge < -0.3 is 15.0 Å². The number of para-hydroxylation sites is 1. The fraction of sp³-hybridized carbons (Fsp3) is 0.357. The third kappa shape index (κ3) is 2.31. The molecule has 0 saturated carbocycles. The average molecular weight is 276 g/mol. The Labute approximate surface area is 115 Å². The molecule has 0 saturated heterocycles. The van der Waals surface area contributed by atoms with Crippen molar-refractivity contribution in [2.45, 2.75) is 32.0 Å². The quantitative estimate of drug-likeness (QED) is 0.905.